The Kier molecular flexibility index (Phi) is 5.68. The van der Waals surface area contributed by atoms with Gasteiger partial charge in [0.25, 0.3) is 5.91 Å². The summed E-state index contributed by atoms with van der Waals surface area (Å²) in [6.07, 6.45) is -4.03. The van der Waals surface area contributed by atoms with Gasteiger partial charge in [-0.3, -0.25) is 9.59 Å². The maximum absolute atomic E-state index is 12.9. The molecular weight excluding hydrogens is 383 g/mol. The number of aryl methyl sites for hydroxylation is 1. The number of ketones is 1. The minimum absolute atomic E-state index is 0.0102. The van der Waals surface area contributed by atoms with Crippen LogP contribution in [0.1, 0.15) is 64.8 Å². The lowest BCUT2D eigenvalue weighted by atomic mass is 9.97. The van der Waals surface area contributed by atoms with Crippen molar-refractivity contribution in [2.75, 3.05) is 6.61 Å². The molecule has 0 bridgehead atoms. The van der Waals surface area contributed by atoms with E-state index in [2.05, 4.69) is 5.32 Å². The third kappa shape index (κ3) is 4.44. The van der Waals surface area contributed by atoms with Crippen LogP contribution in [0.15, 0.2) is 36.4 Å². The number of alkyl halides is 3. The summed E-state index contributed by atoms with van der Waals surface area (Å²) < 4.78 is 44.2. The van der Waals surface area contributed by atoms with Crippen molar-refractivity contribution in [1.82, 2.24) is 5.32 Å². The Morgan fingerprint density at radius 2 is 2.00 bits per heavy atom. The fraction of sp³-hybridized carbons (Fsp3) is 0.364. The first-order valence-electron chi connectivity index (χ1n) is 9.34. The van der Waals surface area contributed by atoms with E-state index in [4.69, 9.17) is 4.74 Å². The van der Waals surface area contributed by atoms with Gasteiger partial charge in [-0.2, -0.15) is 13.2 Å². The molecule has 0 aromatic heterocycles. The number of hydrogen-bond donors (Lipinski definition) is 1. The van der Waals surface area contributed by atoms with Crippen molar-refractivity contribution in [3.63, 3.8) is 0 Å². The Hall–Kier alpha value is -2.83. The number of amides is 1. The molecule has 0 saturated heterocycles. The average molecular weight is 405 g/mol. The number of hydrogen-bond acceptors (Lipinski definition) is 3. The largest absolute Gasteiger partial charge is 0.483 e. The van der Waals surface area contributed by atoms with Crippen LogP contribution in [0.4, 0.5) is 13.2 Å². The quantitative estimate of drug-likeness (QED) is 0.765. The molecule has 1 amide bonds. The predicted molar refractivity (Wildman–Crippen MR) is 102 cm³/mol. The number of benzene rings is 2. The van der Waals surface area contributed by atoms with E-state index in [1.165, 1.54) is 12.1 Å². The molecular formula is C22H22F3NO3. The fourth-order valence-corrected chi connectivity index (χ4v) is 3.72. The highest BCUT2D eigenvalue weighted by molar-refractivity contribution is 6.04. The van der Waals surface area contributed by atoms with Crippen molar-refractivity contribution >= 4 is 11.7 Å². The van der Waals surface area contributed by atoms with Crippen LogP contribution >= 0.6 is 0 Å². The molecule has 0 fully saturated rings. The van der Waals surface area contributed by atoms with Gasteiger partial charge < -0.3 is 10.1 Å². The van der Waals surface area contributed by atoms with Gasteiger partial charge in [0.15, 0.2) is 12.4 Å². The molecule has 0 spiro atoms. The van der Waals surface area contributed by atoms with E-state index in [1.54, 1.807) is 13.0 Å². The molecule has 0 radical (unpaired) electrons. The first-order valence-corrected chi connectivity index (χ1v) is 9.34. The lowest BCUT2D eigenvalue weighted by molar-refractivity contribution is -0.137. The minimum Gasteiger partial charge on any atom is -0.483 e. The highest BCUT2D eigenvalue weighted by atomic mass is 19.4. The van der Waals surface area contributed by atoms with Crippen molar-refractivity contribution in [1.29, 1.82) is 0 Å². The zero-order valence-corrected chi connectivity index (χ0v) is 16.4. The van der Waals surface area contributed by atoms with Crippen LogP contribution in [-0.2, 0) is 11.0 Å². The number of nitrogens with one attached hydrogen (secondary N) is 1. The zero-order chi connectivity index (χ0) is 21.3. The highest BCUT2D eigenvalue weighted by Gasteiger charge is 2.32. The Labute approximate surface area is 167 Å². The normalized spacial score (nSPS) is 17.0. The van der Waals surface area contributed by atoms with Crippen LogP contribution in [0.5, 0.6) is 5.75 Å². The van der Waals surface area contributed by atoms with E-state index < -0.39 is 23.7 Å². The summed E-state index contributed by atoms with van der Waals surface area (Å²) in [7, 11) is 0. The van der Waals surface area contributed by atoms with Crippen molar-refractivity contribution in [3.8, 4) is 5.75 Å². The molecule has 4 nitrogen and oxygen atoms in total. The predicted octanol–water partition coefficient (Wildman–Crippen LogP) is 4.96. The smallest absolute Gasteiger partial charge is 0.416 e. The van der Waals surface area contributed by atoms with E-state index in [0.717, 1.165) is 23.3 Å². The summed E-state index contributed by atoms with van der Waals surface area (Å²) in [5.41, 5.74) is 2.05. The minimum atomic E-state index is -4.45. The molecule has 0 saturated carbocycles. The van der Waals surface area contributed by atoms with E-state index in [-0.39, 0.29) is 18.3 Å². The number of Topliss-reactive ketones (excluding diaryl/α,β-unsaturated/α-hetero) is 1. The summed E-state index contributed by atoms with van der Waals surface area (Å²) in [6.45, 7) is 5.17. The SMILES string of the molecule is Cc1ccc(OCC(=O)N[C@@H](C)c2cccc(C(F)(F)F)c2)c2c1[C@H](C)CC2=O. The van der Waals surface area contributed by atoms with Gasteiger partial charge in [0.05, 0.1) is 17.2 Å². The Bertz CT molecular complexity index is 953. The van der Waals surface area contributed by atoms with Gasteiger partial charge in [-0.05, 0) is 54.7 Å². The highest BCUT2D eigenvalue weighted by Crippen LogP contribution is 2.40. The van der Waals surface area contributed by atoms with Crippen LogP contribution < -0.4 is 10.1 Å². The number of fused-ring (bicyclic) bond motifs is 1. The molecule has 2 atom stereocenters. The maximum atomic E-state index is 12.9. The molecule has 29 heavy (non-hydrogen) atoms. The van der Waals surface area contributed by atoms with Gasteiger partial charge >= 0.3 is 6.18 Å². The third-order valence-electron chi connectivity index (χ3n) is 5.14. The zero-order valence-electron chi connectivity index (χ0n) is 16.4. The van der Waals surface area contributed by atoms with Crippen molar-refractivity contribution in [3.05, 3.63) is 64.2 Å². The van der Waals surface area contributed by atoms with Crippen LogP contribution in [0, 0.1) is 6.92 Å². The molecule has 2 aromatic carbocycles. The summed E-state index contributed by atoms with van der Waals surface area (Å²) in [5, 5.41) is 2.63. The Morgan fingerprint density at radius 1 is 1.28 bits per heavy atom. The second kappa shape index (κ2) is 7.89. The molecule has 1 N–H and O–H groups in total. The molecule has 0 heterocycles. The van der Waals surface area contributed by atoms with Gasteiger partial charge in [-0.15, -0.1) is 0 Å². The molecule has 1 aliphatic rings. The van der Waals surface area contributed by atoms with E-state index in [9.17, 15) is 22.8 Å². The topological polar surface area (TPSA) is 55.4 Å². The Morgan fingerprint density at radius 3 is 2.69 bits per heavy atom. The van der Waals surface area contributed by atoms with Crippen LogP contribution in [0.3, 0.4) is 0 Å². The average Bonchev–Trinajstić information content (AvgIpc) is 2.96. The van der Waals surface area contributed by atoms with Gasteiger partial charge in [-0.1, -0.05) is 25.1 Å². The standard InChI is InChI=1S/C22H22F3NO3/c1-12-7-8-18(21-17(27)9-13(2)20(12)21)29-11-19(28)26-14(3)15-5-4-6-16(10-15)22(23,24)25/h4-8,10,13-14H,9,11H2,1-3H3,(H,26,28)/t13-,14+/m1/s1. The first kappa shape index (κ1) is 20.9. The van der Waals surface area contributed by atoms with E-state index >= 15 is 0 Å². The fourth-order valence-electron chi connectivity index (χ4n) is 3.72. The van der Waals surface area contributed by atoms with Crippen molar-refractivity contribution in [2.45, 2.75) is 45.3 Å². The molecule has 3 rings (SSSR count). The number of rotatable bonds is 5. The monoisotopic (exact) mass is 405 g/mol. The number of carbonyl (C=O) groups excluding carboxylic acids is 2. The lowest BCUT2D eigenvalue weighted by Crippen LogP contribution is -2.31. The second-order valence-electron chi connectivity index (χ2n) is 7.40. The summed E-state index contributed by atoms with van der Waals surface area (Å²) in [6, 6.07) is 7.72. The van der Waals surface area contributed by atoms with Gasteiger partial charge in [0, 0.05) is 6.42 Å². The molecule has 1 aliphatic carbocycles. The van der Waals surface area contributed by atoms with E-state index in [1.807, 2.05) is 19.9 Å². The maximum Gasteiger partial charge on any atom is 0.416 e. The van der Waals surface area contributed by atoms with Gasteiger partial charge in [0.2, 0.25) is 0 Å². The molecule has 0 unspecified atom stereocenters. The summed E-state index contributed by atoms with van der Waals surface area (Å²) in [5.74, 6) is -0.0238. The number of halogens is 3. The number of ether oxygens (including phenoxy) is 1. The second-order valence-corrected chi connectivity index (χ2v) is 7.40. The van der Waals surface area contributed by atoms with Crippen LogP contribution in [0.2, 0.25) is 0 Å². The lowest BCUT2D eigenvalue weighted by Gasteiger charge is -2.17. The molecule has 7 heteroatoms. The Balaban J connectivity index is 1.67. The summed E-state index contributed by atoms with van der Waals surface area (Å²) >= 11 is 0. The molecule has 0 aliphatic heterocycles. The van der Waals surface area contributed by atoms with E-state index in [0.29, 0.717) is 23.3 Å². The molecule has 2 aromatic rings. The van der Waals surface area contributed by atoms with Crippen LogP contribution in [-0.4, -0.2) is 18.3 Å². The molecule has 154 valence electrons. The summed E-state index contributed by atoms with van der Waals surface area (Å²) in [4.78, 5) is 24.5. The van der Waals surface area contributed by atoms with Crippen molar-refractivity contribution in [2.24, 2.45) is 0 Å². The van der Waals surface area contributed by atoms with Crippen molar-refractivity contribution < 1.29 is 27.5 Å². The van der Waals surface area contributed by atoms with Gasteiger partial charge in [0.1, 0.15) is 5.75 Å². The first-order chi connectivity index (χ1) is 13.6. The third-order valence-corrected chi connectivity index (χ3v) is 5.14. The van der Waals surface area contributed by atoms with Crippen LogP contribution in [0.25, 0.3) is 0 Å². The van der Waals surface area contributed by atoms with Gasteiger partial charge in [-0.25, -0.2) is 0 Å². The number of carbonyl (C=O) groups is 2.